The molecule has 0 radical (unpaired) electrons. The summed E-state index contributed by atoms with van der Waals surface area (Å²) in [5.41, 5.74) is 1.10. The fraction of sp³-hybridized carbons (Fsp3) is 0.625. The van der Waals surface area contributed by atoms with Crippen LogP contribution in [0.3, 0.4) is 0 Å². The third kappa shape index (κ3) is 6.40. The zero-order valence-electron chi connectivity index (χ0n) is 12.2. The largest absolute Gasteiger partial charge is 0.312 e. The first-order chi connectivity index (χ1) is 8.94. The lowest BCUT2D eigenvalue weighted by atomic mass is 9.87. The van der Waals surface area contributed by atoms with Crippen LogP contribution in [-0.4, -0.2) is 6.54 Å². The second-order valence-corrected chi connectivity index (χ2v) is 6.37. The fourth-order valence-corrected chi connectivity index (χ4v) is 2.34. The quantitative estimate of drug-likeness (QED) is 0.649. The molecule has 0 aliphatic carbocycles. The molecule has 0 atom stereocenters. The van der Waals surface area contributed by atoms with E-state index in [0.29, 0.717) is 11.6 Å². The van der Waals surface area contributed by atoms with E-state index in [1.54, 1.807) is 6.07 Å². The lowest BCUT2D eigenvalue weighted by Gasteiger charge is -2.25. The van der Waals surface area contributed by atoms with Gasteiger partial charge in [-0.15, -0.1) is 0 Å². The van der Waals surface area contributed by atoms with E-state index in [1.165, 1.54) is 37.8 Å². The summed E-state index contributed by atoms with van der Waals surface area (Å²) < 4.78 is 13.1. The molecule has 1 aromatic carbocycles. The van der Waals surface area contributed by atoms with Gasteiger partial charge in [0.15, 0.2) is 0 Å². The van der Waals surface area contributed by atoms with Crippen LogP contribution in [0.25, 0.3) is 0 Å². The highest BCUT2D eigenvalue weighted by molar-refractivity contribution is 6.31. The summed E-state index contributed by atoms with van der Waals surface area (Å²) in [4.78, 5) is 0. The van der Waals surface area contributed by atoms with Crippen LogP contribution in [0.2, 0.25) is 5.02 Å². The Bertz CT molecular complexity index is 390. The van der Waals surface area contributed by atoms with Crippen molar-refractivity contribution in [3.8, 4) is 0 Å². The number of benzene rings is 1. The topological polar surface area (TPSA) is 12.0 Å². The smallest absolute Gasteiger partial charge is 0.123 e. The maximum absolute atomic E-state index is 13.1. The number of hydrogen-bond acceptors (Lipinski definition) is 1. The van der Waals surface area contributed by atoms with Crippen LogP contribution in [0.4, 0.5) is 4.39 Å². The van der Waals surface area contributed by atoms with E-state index in [0.717, 1.165) is 12.1 Å². The van der Waals surface area contributed by atoms with Crippen LogP contribution in [0, 0.1) is 11.2 Å². The van der Waals surface area contributed by atoms with E-state index in [9.17, 15) is 4.39 Å². The SMILES string of the molecule is CCCCCC(C)(C)CNCc1cc(F)ccc1Cl. The minimum Gasteiger partial charge on any atom is -0.312 e. The highest BCUT2D eigenvalue weighted by atomic mass is 35.5. The predicted molar refractivity (Wildman–Crippen MR) is 81.0 cm³/mol. The summed E-state index contributed by atoms with van der Waals surface area (Å²) in [5.74, 6) is -0.233. The van der Waals surface area contributed by atoms with Crippen molar-refractivity contribution in [2.45, 2.75) is 53.0 Å². The zero-order valence-corrected chi connectivity index (χ0v) is 13.0. The molecule has 0 spiro atoms. The molecule has 0 fully saturated rings. The maximum atomic E-state index is 13.1. The Labute approximate surface area is 121 Å². The molecule has 0 saturated heterocycles. The third-order valence-electron chi connectivity index (χ3n) is 3.38. The van der Waals surface area contributed by atoms with E-state index in [-0.39, 0.29) is 11.2 Å². The van der Waals surface area contributed by atoms with Crippen molar-refractivity contribution in [1.29, 1.82) is 0 Å². The summed E-state index contributed by atoms with van der Waals surface area (Å²) in [7, 11) is 0. The van der Waals surface area contributed by atoms with Crippen LogP contribution < -0.4 is 5.32 Å². The Morgan fingerprint density at radius 1 is 1.26 bits per heavy atom. The van der Waals surface area contributed by atoms with E-state index >= 15 is 0 Å². The van der Waals surface area contributed by atoms with Crippen LogP contribution in [0.5, 0.6) is 0 Å². The molecule has 0 saturated carbocycles. The van der Waals surface area contributed by atoms with Gasteiger partial charge in [0.25, 0.3) is 0 Å². The Balaban J connectivity index is 2.38. The monoisotopic (exact) mass is 285 g/mol. The third-order valence-corrected chi connectivity index (χ3v) is 3.75. The average Bonchev–Trinajstić information content (AvgIpc) is 2.33. The van der Waals surface area contributed by atoms with Crippen molar-refractivity contribution in [3.63, 3.8) is 0 Å². The zero-order chi connectivity index (χ0) is 14.3. The molecule has 108 valence electrons. The van der Waals surface area contributed by atoms with E-state index in [4.69, 9.17) is 11.6 Å². The standard InChI is InChI=1S/C16H25ClFN/c1-4-5-6-9-16(2,3)12-19-11-13-10-14(18)7-8-15(13)17/h7-8,10,19H,4-6,9,11-12H2,1-3H3. The summed E-state index contributed by atoms with van der Waals surface area (Å²) in [6.07, 6.45) is 5.03. The molecule has 0 bridgehead atoms. The summed E-state index contributed by atoms with van der Waals surface area (Å²) in [6, 6.07) is 4.50. The van der Waals surface area contributed by atoms with Crippen molar-refractivity contribution in [1.82, 2.24) is 5.32 Å². The highest BCUT2D eigenvalue weighted by Gasteiger charge is 2.16. The van der Waals surface area contributed by atoms with Gasteiger partial charge in [0.05, 0.1) is 0 Å². The lowest BCUT2D eigenvalue weighted by molar-refractivity contribution is 0.302. The number of halogens is 2. The molecule has 0 aliphatic rings. The van der Waals surface area contributed by atoms with Gasteiger partial charge in [0.1, 0.15) is 5.82 Å². The Morgan fingerprint density at radius 2 is 2.00 bits per heavy atom. The molecule has 1 rings (SSSR count). The first-order valence-electron chi connectivity index (χ1n) is 7.09. The molecule has 0 unspecified atom stereocenters. The maximum Gasteiger partial charge on any atom is 0.123 e. The fourth-order valence-electron chi connectivity index (χ4n) is 2.16. The van der Waals surface area contributed by atoms with Crippen molar-refractivity contribution >= 4 is 11.6 Å². The van der Waals surface area contributed by atoms with Crippen LogP contribution in [-0.2, 0) is 6.54 Å². The van der Waals surface area contributed by atoms with Gasteiger partial charge in [0.2, 0.25) is 0 Å². The first kappa shape index (κ1) is 16.5. The number of unbranched alkanes of at least 4 members (excludes halogenated alkanes) is 2. The van der Waals surface area contributed by atoms with Gasteiger partial charge in [-0.05, 0) is 35.6 Å². The second-order valence-electron chi connectivity index (χ2n) is 5.96. The van der Waals surface area contributed by atoms with E-state index in [2.05, 4.69) is 26.1 Å². The van der Waals surface area contributed by atoms with Crippen molar-refractivity contribution in [2.24, 2.45) is 5.41 Å². The molecule has 19 heavy (non-hydrogen) atoms. The van der Waals surface area contributed by atoms with Gasteiger partial charge in [-0.1, -0.05) is 51.6 Å². The molecule has 3 heteroatoms. The summed E-state index contributed by atoms with van der Waals surface area (Å²) >= 11 is 6.04. The highest BCUT2D eigenvalue weighted by Crippen LogP contribution is 2.23. The Morgan fingerprint density at radius 3 is 2.68 bits per heavy atom. The van der Waals surface area contributed by atoms with Crippen LogP contribution >= 0.6 is 11.6 Å². The first-order valence-corrected chi connectivity index (χ1v) is 7.47. The molecular weight excluding hydrogens is 261 g/mol. The number of nitrogens with one attached hydrogen (secondary N) is 1. The summed E-state index contributed by atoms with van der Waals surface area (Å²) in [5, 5.41) is 4.01. The van der Waals surface area contributed by atoms with Gasteiger partial charge >= 0.3 is 0 Å². The minimum absolute atomic E-state index is 0.233. The van der Waals surface area contributed by atoms with Gasteiger partial charge < -0.3 is 5.32 Å². The summed E-state index contributed by atoms with van der Waals surface area (Å²) in [6.45, 7) is 8.29. The molecule has 1 nitrogen and oxygen atoms in total. The normalized spacial score (nSPS) is 11.8. The lowest BCUT2D eigenvalue weighted by Crippen LogP contribution is -2.29. The molecular formula is C16H25ClFN. The molecule has 0 aromatic heterocycles. The number of hydrogen-bond donors (Lipinski definition) is 1. The molecule has 0 amide bonds. The second kappa shape index (κ2) is 7.86. The Hall–Kier alpha value is -0.600. The van der Waals surface area contributed by atoms with Crippen molar-refractivity contribution < 1.29 is 4.39 Å². The molecule has 0 aliphatic heterocycles. The van der Waals surface area contributed by atoms with Crippen molar-refractivity contribution in [2.75, 3.05) is 6.54 Å². The average molecular weight is 286 g/mol. The van der Waals surface area contributed by atoms with Gasteiger partial charge in [-0.3, -0.25) is 0 Å². The number of rotatable bonds is 8. The van der Waals surface area contributed by atoms with Gasteiger partial charge in [-0.25, -0.2) is 4.39 Å². The van der Waals surface area contributed by atoms with E-state index < -0.39 is 0 Å². The van der Waals surface area contributed by atoms with E-state index in [1.807, 2.05) is 0 Å². The minimum atomic E-state index is -0.233. The Kier molecular flexibility index (Phi) is 6.81. The predicted octanol–water partition coefficient (Wildman–Crippen LogP) is 5.18. The molecule has 1 N–H and O–H groups in total. The van der Waals surface area contributed by atoms with Crippen LogP contribution in [0.15, 0.2) is 18.2 Å². The van der Waals surface area contributed by atoms with Crippen molar-refractivity contribution in [3.05, 3.63) is 34.6 Å². The van der Waals surface area contributed by atoms with Crippen LogP contribution in [0.1, 0.15) is 52.0 Å². The van der Waals surface area contributed by atoms with Gasteiger partial charge in [0, 0.05) is 18.1 Å². The molecule has 1 aromatic rings. The molecule has 0 heterocycles. The van der Waals surface area contributed by atoms with Gasteiger partial charge in [-0.2, -0.15) is 0 Å².